The second-order valence-electron chi connectivity index (χ2n) is 8.06. The molecule has 2 bridgehead atoms. The standard InChI is InChI=1S/C18H19N5O4/c1-8(2)21-17(24)13-11-7-12(14(13)18(21)25)16-15(11)19-20-22(16)9-3-5-10(6-4-9)23(26)27/h3-6,8,11-16H,7H2,1-2H3/t11-,12+,13-,14+,15+,16-/m1/s1. The van der Waals surface area contributed by atoms with Gasteiger partial charge in [0.1, 0.15) is 0 Å². The van der Waals surface area contributed by atoms with E-state index in [4.69, 9.17) is 0 Å². The van der Waals surface area contributed by atoms with Gasteiger partial charge in [-0.05, 0) is 44.2 Å². The molecule has 0 spiro atoms. The van der Waals surface area contributed by atoms with Gasteiger partial charge in [-0.3, -0.25) is 24.6 Å². The summed E-state index contributed by atoms with van der Waals surface area (Å²) in [4.78, 5) is 37.6. The largest absolute Gasteiger partial charge is 0.280 e. The van der Waals surface area contributed by atoms with E-state index in [0.29, 0.717) is 0 Å². The molecule has 1 aromatic rings. The zero-order chi connectivity index (χ0) is 19.0. The van der Waals surface area contributed by atoms with Crippen LogP contribution < -0.4 is 5.01 Å². The first-order valence-electron chi connectivity index (χ1n) is 9.21. The number of rotatable bonds is 3. The van der Waals surface area contributed by atoms with Crippen molar-refractivity contribution in [3.63, 3.8) is 0 Å². The second-order valence-corrected chi connectivity index (χ2v) is 8.06. The smallest absolute Gasteiger partial charge is 0.269 e. The number of imide groups is 1. The molecular formula is C18H19N5O4. The number of likely N-dealkylation sites (tertiary alicyclic amines) is 1. The van der Waals surface area contributed by atoms with Crippen molar-refractivity contribution in [2.75, 3.05) is 5.01 Å². The normalized spacial score (nSPS) is 36.1. The van der Waals surface area contributed by atoms with Gasteiger partial charge in [0.2, 0.25) is 11.8 Å². The van der Waals surface area contributed by atoms with Crippen molar-refractivity contribution in [2.24, 2.45) is 34.0 Å². The Labute approximate surface area is 155 Å². The van der Waals surface area contributed by atoms with Gasteiger partial charge in [0.25, 0.3) is 5.69 Å². The fourth-order valence-corrected chi connectivity index (χ4v) is 5.57. The Balaban J connectivity index is 1.46. The van der Waals surface area contributed by atoms with Crippen molar-refractivity contribution >= 4 is 23.2 Å². The molecule has 1 aromatic carbocycles. The summed E-state index contributed by atoms with van der Waals surface area (Å²) in [6.07, 6.45) is 0.802. The zero-order valence-electron chi connectivity index (χ0n) is 14.9. The number of nitro benzene ring substituents is 1. The predicted octanol–water partition coefficient (Wildman–Crippen LogP) is 2.18. The molecule has 2 saturated carbocycles. The number of carbonyl (C=O) groups is 2. The first-order chi connectivity index (χ1) is 12.9. The van der Waals surface area contributed by atoms with Crippen molar-refractivity contribution < 1.29 is 14.5 Å². The molecule has 2 amide bonds. The summed E-state index contributed by atoms with van der Waals surface area (Å²) in [7, 11) is 0. The lowest BCUT2D eigenvalue weighted by Crippen LogP contribution is -2.47. The van der Waals surface area contributed by atoms with Gasteiger partial charge in [0.15, 0.2) is 0 Å². The van der Waals surface area contributed by atoms with Gasteiger partial charge in [-0.2, -0.15) is 5.11 Å². The number of nitrogens with zero attached hydrogens (tertiary/aromatic N) is 5. The van der Waals surface area contributed by atoms with Gasteiger partial charge < -0.3 is 0 Å². The Morgan fingerprint density at radius 2 is 1.74 bits per heavy atom. The second kappa shape index (κ2) is 5.34. The molecule has 27 heavy (non-hydrogen) atoms. The summed E-state index contributed by atoms with van der Waals surface area (Å²) in [6, 6.07) is 5.90. The van der Waals surface area contributed by atoms with E-state index in [0.717, 1.165) is 12.1 Å². The Morgan fingerprint density at radius 3 is 2.33 bits per heavy atom. The zero-order valence-corrected chi connectivity index (χ0v) is 14.9. The van der Waals surface area contributed by atoms with Crippen LogP contribution in [0.5, 0.6) is 0 Å². The molecule has 0 N–H and O–H groups in total. The highest BCUT2D eigenvalue weighted by molar-refractivity contribution is 6.06. The number of hydrogen-bond donors (Lipinski definition) is 0. The minimum atomic E-state index is -0.441. The van der Waals surface area contributed by atoms with E-state index in [2.05, 4.69) is 10.3 Å². The summed E-state index contributed by atoms with van der Waals surface area (Å²) in [5, 5.41) is 21.4. The predicted molar refractivity (Wildman–Crippen MR) is 93.6 cm³/mol. The van der Waals surface area contributed by atoms with E-state index in [9.17, 15) is 19.7 Å². The molecule has 6 atom stereocenters. The van der Waals surface area contributed by atoms with Gasteiger partial charge in [-0.1, -0.05) is 5.22 Å². The third-order valence-corrected chi connectivity index (χ3v) is 6.53. The number of amides is 2. The van der Waals surface area contributed by atoms with E-state index < -0.39 is 4.92 Å². The number of carbonyl (C=O) groups excluding carboxylic acids is 2. The summed E-state index contributed by atoms with van der Waals surface area (Å²) < 4.78 is 0. The van der Waals surface area contributed by atoms with Crippen molar-refractivity contribution in [1.29, 1.82) is 0 Å². The Hall–Kier alpha value is -2.84. The third-order valence-electron chi connectivity index (χ3n) is 6.53. The minimum Gasteiger partial charge on any atom is -0.280 e. The van der Waals surface area contributed by atoms with E-state index in [1.807, 2.05) is 13.8 Å². The van der Waals surface area contributed by atoms with Crippen LogP contribution in [0.2, 0.25) is 0 Å². The van der Waals surface area contributed by atoms with E-state index in [1.54, 1.807) is 17.1 Å². The number of fused-ring (bicyclic) bond motifs is 8. The molecule has 3 fully saturated rings. The lowest BCUT2D eigenvalue weighted by molar-refractivity contribution is -0.384. The quantitative estimate of drug-likeness (QED) is 0.461. The van der Waals surface area contributed by atoms with Crippen LogP contribution in [0.1, 0.15) is 20.3 Å². The average Bonchev–Trinajstić information content (AvgIpc) is 3.35. The fourth-order valence-electron chi connectivity index (χ4n) is 5.57. The number of benzene rings is 1. The first-order valence-corrected chi connectivity index (χ1v) is 9.21. The highest BCUT2D eigenvalue weighted by Gasteiger charge is 2.70. The van der Waals surface area contributed by atoms with E-state index in [1.165, 1.54) is 17.0 Å². The summed E-state index contributed by atoms with van der Waals surface area (Å²) in [5.74, 6) is -0.638. The highest BCUT2D eigenvalue weighted by Crippen LogP contribution is 2.60. The third kappa shape index (κ3) is 1.99. The molecule has 0 aromatic heterocycles. The van der Waals surface area contributed by atoms with Gasteiger partial charge >= 0.3 is 0 Å². The van der Waals surface area contributed by atoms with Crippen molar-refractivity contribution in [3.05, 3.63) is 34.4 Å². The lowest BCUT2D eigenvalue weighted by atomic mass is 9.76. The van der Waals surface area contributed by atoms with Crippen LogP contribution in [-0.2, 0) is 9.59 Å². The summed E-state index contributed by atoms with van der Waals surface area (Å²) in [5.41, 5.74) is 0.738. The molecule has 0 radical (unpaired) electrons. The van der Waals surface area contributed by atoms with E-state index in [-0.39, 0.29) is 59.3 Å². The van der Waals surface area contributed by atoms with Crippen LogP contribution in [0, 0.1) is 33.8 Å². The van der Waals surface area contributed by atoms with Gasteiger partial charge in [0, 0.05) is 18.2 Å². The van der Waals surface area contributed by atoms with Crippen LogP contribution in [0.15, 0.2) is 34.6 Å². The van der Waals surface area contributed by atoms with Crippen LogP contribution in [0.25, 0.3) is 0 Å². The van der Waals surface area contributed by atoms with Gasteiger partial charge in [0.05, 0.1) is 34.5 Å². The molecule has 9 heteroatoms. The molecular weight excluding hydrogens is 350 g/mol. The maximum atomic E-state index is 12.9. The molecule has 140 valence electrons. The van der Waals surface area contributed by atoms with Crippen LogP contribution in [-0.4, -0.2) is 39.8 Å². The summed E-state index contributed by atoms with van der Waals surface area (Å²) >= 11 is 0. The fraction of sp³-hybridized carbons (Fsp3) is 0.556. The Morgan fingerprint density at radius 1 is 1.11 bits per heavy atom. The van der Waals surface area contributed by atoms with Gasteiger partial charge in [-0.25, -0.2) is 5.01 Å². The molecule has 5 rings (SSSR count). The highest BCUT2D eigenvalue weighted by atomic mass is 16.6. The minimum absolute atomic E-state index is 0.0172. The topological polar surface area (TPSA) is 108 Å². The Bertz CT molecular complexity index is 882. The molecule has 2 heterocycles. The van der Waals surface area contributed by atoms with Crippen LogP contribution >= 0.6 is 0 Å². The molecule has 9 nitrogen and oxygen atoms in total. The average molecular weight is 369 g/mol. The maximum Gasteiger partial charge on any atom is 0.269 e. The van der Waals surface area contributed by atoms with Crippen LogP contribution in [0.3, 0.4) is 0 Å². The SMILES string of the molecule is CC(C)N1C(=O)[C@@H]2[C@H]3C[C@@H]([C@@H]2C1=O)[C@@H]1[C@H]3N=NN1c1ccc([N+](=O)[O-])cc1. The number of non-ortho nitro benzene ring substituents is 1. The molecule has 1 saturated heterocycles. The number of anilines is 1. The molecule has 0 unspecified atom stereocenters. The molecule has 4 aliphatic rings. The lowest BCUT2D eigenvalue weighted by Gasteiger charge is -2.33. The first kappa shape index (κ1) is 16.3. The maximum absolute atomic E-state index is 12.9. The number of hydrogen-bond acceptors (Lipinski definition) is 7. The van der Waals surface area contributed by atoms with Gasteiger partial charge in [-0.15, -0.1) is 0 Å². The number of nitro groups is 1. The molecule has 2 aliphatic heterocycles. The van der Waals surface area contributed by atoms with Crippen molar-refractivity contribution in [1.82, 2.24) is 4.90 Å². The monoisotopic (exact) mass is 369 g/mol. The van der Waals surface area contributed by atoms with E-state index >= 15 is 0 Å². The summed E-state index contributed by atoms with van der Waals surface area (Å²) in [6.45, 7) is 3.73. The van der Waals surface area contributed by atoms with Crippen LogP contribution in [0.4, 0.5) is 11.4 Å². The Kier molecular flexibility index (Phi) is 3.23. The molecule has 2 aliphatic carbocycles. The van der Waals surface area contributed by atoms with Crippen molar-refractivity contribution in [2.45, 2.75) is 38.4 Å². The van der Waals surface area contributed by atoms with Crippen molar-refractivity contribution in [3.8, 4) is 0 Å².